The molecule has 0 radical (unpaired) electrons. The van der Waals surface area contributed by atoms with Crippen LogP contribution in [0.2, 0.25) is 0 Å². The summed E-state index contributed by atoms with van der Waals surface area (Å²) in [5.41, 5.74) is 6.60. The van der Waals surface area contributed by atoms with Gasteiger partial charge in [0.15, 0.2) is 0 Å². The van der Waals surface area contributed by atoms with Crippen LogP contribution in [0.4, 0.5) is 0 Å². The van der Waals surface area contributed by atoms with E-state index in [-0.39, 0.29) is 11.7 Å². The summed E-state index contributed by atoms with van der Waals surface area (Å²) >= 11 is 0. The fourth-order valence-corrected chi connectivity index (χ4v) is 0.997. The lowest BCUT2D eigenvalue weighted by atomic mass is 9.99. The normalized spacial score (nSPS) is 9.50. The van der Waals surface area contributed by atoms with E-state index in [4.69, 9.17) is 5.73 Å². The zero-order valence-corrected chi connectivity index (χ0v) is 16.0. The van der Waals surface area contributed by atoms with Crippen LogP contribution in [0.1, 0.15) is 68.2 Å². The minimum atomic E-state index is -0.403. The van der Waals surface area contributed by atoms with Crippen LogP contribution in [0.15, 0.2) is 36.5 Å². The summed E-state index contributed by atoms with van der Waals surface area (Å²) < 4.78 is 0. The van der Waals surface area contributed by atoms with Crippen molar-refractivity contribution in [2.75, 3.05) is 0 Å². The number of ketones is 1. The highest BCUT2D eigenvalue weighted by Gasteiger charge is 2.09. The van der Waals surface area contributed by atoms with Crippen molar-refractivity contribution in [1.29, 1.82) is 0 Å². The molecule has 0 aromatic rings. The van der Waals surface area contributed by atoms with E-state index >= 15 is 0 Å². The Morgan fingerprint density at radius 1 is 0.955 bits per heavy atom. The first-order chi connectivity index (χ1) is 10.3. The van der Waals surface area contributed by atoms with Gasteiger partial charge in [-0.25, -0.2) is 0 Å². The number of carbonyl (C=O) groups is 2. The van der Waals surface area contributed by atoms with Crippen LogP contribution in [-0.2, 0) is 9.59 Å². The molecule has 0 unspecified atom stereocenters. The predicted molar refractivity (Wildman–Crippen MR) is 99.7 cm³/mol. The summed E-state index contributed by atoms with van der Waals surface area (Å²) in [6, 6.07) is 0. The predicted octanol–water partition coefficient (Wildman–Crippen LogP) is 5.22. The lowest BCUT2D eigenvalue weighted by Crippen LogP contribution is -2.14. The third kappa shape index (κ3) is 20.7. The molecule has 3 nitrogen and oxygen atoms in total. The average Bonchev–Trinajstić information content (AvgIpc) is 2.55. The summed E-state index contributed by atoms with van der Waals surface area (Å²) in [4.78, 5) is 22.1. The summed E-state index contributed by atoms with van der Waals surface area (Å²) in [6.45, 7) is 22.0. The Bertz CT molecular complexity index is 333. The number of hydrogen-bond acceptors (Lipinski definition) is 2. The maximum atomic E-state index is 11.3. The molecule has 0 saturated carbocycles. The number of allylic oxidation sites excluding steroid dienone is 3. The molecular weight excluding hydrogens is 274 g/mol. The van der Waals surface area contributed by atoms with Crippen molar-refractivity contribution in [2.24, 2.45) is 11.7 Å². The van der Waals surface area contributed by atoms with Gasteiger partial charge in [-0.1, -0.05) is 72.4 Å². The van der Waals surface area contributed by atoms with Crippen molar-refractivity contribution >= 4 is 11.7 Å². The first-order valence-corrected chi connectivity index (χ1v) is 8.00. The van der Waals surface area contributed by atoms with E-state index in [1.807, 2.05) is 48.5 Å². The van der Waals surface area contributed by atoms with E-state index in [0.29, 0.717) is 18.4 Å². The molecule has 0 aliphatic rings. The number of primary amides is 1. The number of hydrogen-bond donors (Lipinski definition) is 1. The van der Waals surface area contributed by atoms with E-state index in [1.165, 1.54) is 0 Å². The molecule has 0 aromatic carbocycles. The van der Waals surface area contributed by atoms with E-state index in [2.05, 4.69) is 13.2 Å². The van der Waals surface area contributed by atoms with E-state index in [9.17, 15) is 9.59 Å². The quantitative estimate of drug-likeness (QED) is 0.539. The Labute approximate surface area is 138 Å². The maximum Gasteiger partial charge on any atom is 0.244 e. The van der Waals surface area contributed by atoms with Gasteiger partial charge in [0.1, 0.15) is 5.78 Å². The smallest absolute Gasteiger partial charge is 0.244 e. The molecule has 0 heterocycles. The van der Waals surface area contributed by atoms with Crippen LogP contribution in [0.3, 0.4) is 0 Å². The third-order valence-electron chi connectivity index (χ3n) is 2.57. The molecule has 0 fully saturated rings. The number of rotatable bonds is 6. The van der Waals surface area contributed by atoms with Crippen LogP contribution < -0.4 is 5.73 Å². The minimum absolute atomic E-state index is 0.0664. The van der Waals surface area contributed by atoms with Crippen LogP contribution in [0.25, 0.3) is 0 Å². The number of carbonyl (C=O) groups excluding carboxylic acids is 2. The maximum absolute atomic E-state index is 11.3. The van der Waals surface area contributed by atoms with Gasteiger partial charge in [-0.3, -0.25) is 9.59 Å². The second-order valence-electron chi connectivity index (χ2n) is 4.36. The average molecular weight is 312 g/mol. The first kappa shape index (κ1) is 28.5. The molecule has 0 aliphatic carbocycles. The zero-order chi connectivity index (χ0) is 18.7. The second-order valence-corrected chi connectivity index (χ2v) is 4.36. The molecule has 0 bridgehead atoms. The standard InChI is InChI=1S/C11H19NO2.C4H6.2C2H6/c1-7(2)10(13)6-5-8(3)9(4)11(12)14;1-3-4-2;2*1-2/h7H,5-6H2,1-4H3,(H2,12,14);3-4H,1-2H2;2*1-2H3/b9-8-;;;. The van der Waals surface area contributed by atoms with Crippen molar-refractivity contribution in [3.8, 4) is 0 Å². The van der Waals surface area contributed by atoms with Gasteiger partial charge in [-0.2, -0.15) is 0 Å². The Kier molecular flexibility index (Phi) is 28.1. The molecule has 130 valence electrons. The van der Waals surface area contributed by atoms with Crippen LogP contribution in [-0.4, -0.2) is 11.7 Å². The number of Topliss-reactive ketones (excluding diaryl/α,β-unsaturated/α-hetero) is 1. The molecular formula is C19H37NO2. The van der Waals surface area contributed by atoms with Gasteiger partial charge in [-0.15, -0.1) is 0 Å². The monoisotopic (exact) mass is 311 g/mol. The van der Waals surface area contributed by atoms with Gasteiger partial charge >= 0.3 is 0 Å². The first-order valence-electron chi connectivity index (χ1n) is 8.00. The Morgan fingerprint density at radius 3 is 1.55 bits per heavy atom. The minimum Gasteiger partial charge on any atom is -0.366 e. The van der Waals surface area contributed by atoms with E-state index < -0.39 is 5.91 Å². The number of nitrogens with two attached hydrogens (primary N) is 1. The lowest BCUT2D eigenvalue weighted by molar-refractivity contribution is -0.122. The summed E-state index contributed by atoms with van der Waals surface area (Å²) in [5.74, 6) is -0.113. The van der Waals surface area contributed by atoms with Crippen LogP contribution >= 0.6 is 0 Å². The van der Waals surface area contributed by atoms with Gasteiger partial charge in [-0.05, 0) is 20.3 Å². The SMILES string of the molecule is C/C(CCC(=O)C(C)C)=C(\C)C(N)=O.C=CC=C.CC.CC. The largest absolute Gasteiger partial charge is 0.366 e. The summed E-state index contributed by atoms with van der Waals surface area (Å²) in [7, 11) is 0. The van der Waals surface area contributed by atoms with Crippen molar-refractivity contribution in [2.45, 2.75) is 68.2 Å². The summed E-state index contributed by atoms with van der Waals surface area (Å²) in [6.07, 6.45) is 4.40. The van der Waals surface area contributed by atoms with Crippen molar-refractivity contribution in [1.82, 2.24) is 0 Å². The number of amides is 1. The van der Waals surface area contributed by atoms with Crippen molar-refractivity contribution < 1.29 is 9.59 Å². The highest BCUT2D eigenvalue weighted by molar-refractivity contribution is 5.92. The van der Waals surface area contributed by atoms with Crippen molar-refractivity contribution in [3.63, 3.8) is 0 Å². The van der Waals surface area contributed by atoms with Crippen molar-refractivity contribution in [3.05, 3.63) is 36.5 Å². The summed E-state index contributed by atoms with van der Waals surface area (Å²) in [5, 5.41) is 0. The van der Waals surface area contributed by atoms with Gasteiger partial charge in [0.05, 0.1) is 0 Å². The fourth-order valence-electron chi connectivity index (χ4n) is 0.997. The fraction of sp³-hybridized carbons (Fsp3) is 0.579. The molecule has 0 aromatic heterocycles. The van der Waals surface area contributed by atoms with E-state index in [0.717, 1.165) is 5.57 Å². The highest BCUT2D eigenvalue weighted by atomic mass is 16.1. The van der Waals surface area contributed by atoms with Crippen LogP contribution in [0, 0.1) is 5.92 Å². The molecule has 1 amide bonds. The molecule has 0 aliphatic heterocycles. The molecule has 0 atom stereocenters. The van der Waals surface area contributed by atoms with Crippen LogP contribution in [0.5, 0.6) is 0 Å². The Morgan fingerprint density at radius 2 is 1.32 bits per heavy atom. The second kappa shape index (κ2) is 21.7. The Hall–Kier alpha value is -1.64. The molecule has 3 heteroatoms. The lowest BCUT2D eigenvalue weighted by Gasteiger charge is -2.06. The topological polar surface area (TPSA) is 60.2 Å². The highest BCUT2D eigenvalue weighted by Crippen LogP contribution is 2.12. The molecule has 0 saturated heterocycles. The van der Waals surface area contributed by atoms with Gasteiger partial charge in [0, 0.05) is 17.9 Å². The van der Waals surface area contributed by atoms with Gasteiger partial charge < -0.3 is 5.73 Å². The van der Waals surface area contributed by atoms with Gasteiger partial charge in [0.2, 0.25) is 5.91 Å². The molecule has 22 heavy (non-hydrogen) atoms. The molecule has 0 rings (SSSR count). The Balaban J connectivity index is -0.000000170. The van der Waals surface area contributed by atoms with Gasteiger partial charge in [0.25, 0.3) is 0 Å². The molecule has 2 N–H and O–H groups in total. The zero-order valence-electron chi connectivity index (χ0n) is 16.0. The van der Waals surface area contributed by atoms with E-state index in [1.54, 1.807) is 19.1 Å². The third-order valence-corrected chi connectivity index (χ3v) is 2.57. The molecule has 0 spiro atoms.